The molecule has 3 rings (SSSR count). The molecule has 142 valence electrons. The molecule has 11 heteroatoms. The fourth-order valence-corrected chi connectivity index (χ4v) is 2.51. The van der Waals surface area contributed by atoms with E-state index in [-0.39, 0.29) is 23.4 Å². The number of amides is 1. The van der Waals surface area contributed by atoms with E-state index >= 15 is 0 Å². The van der Waals surface area contributed by atoms with Gasteiger partial charge in [0.05, 0.1) is 17.8 Å². The lowest BCUT2D eigenvalue weighted by Gasteiger charge is -2.07. The maximum Gasteiger partial charge on any atom is 0.433 e. The second-order valence-corrected chi connectivity index (χ2v) is 5.52. The van der Waals surface area contributed by atoms with E-state index in [1.54, 1.807) is 0 Å². The summed E-state index contributed by atoms with van der Waals surface area (Å²) in [6.45, 7) is -1.63. The van der Waals surface area contributed by atoms with Gasteiger partial charge in [0.2, 0.25) is 0 Å². The van der Waals surface area contributed by atoms with E-state index in [0.717, 1.165) is 30.3 Å². The highest BCUT2D eigenvalue weighted by atomic mass is 19.4. The third kappa shape index (κ3) is 3.66. The van der Waals surface area contributed by atoms with Crippen LogP contribution in [-0.4, -0.2) is 27.2 Å². The van der Waals surface area contributed by atoms with Gasteiger partial charge in [0.25, 0.3) is 11.5 Å². The van der Waals surface area contributed by atoms with Crippen LogP contribution in [0.4, 0.5) is 22.0 Å². The minimum Gasteiger partial charge on any atom is -0.348 e. The molecule has 3 aromatic rings. The first kappa shape index (κ1) is 18.5. The van der Waals surface area contributed by atoms with E-state index < -0.39 is 41.4 Å². The zero-order valence-corrected chi connectivity index (χ0v) is 13.4. The maximum atomic E-state index is 13.4. The van der Waals surface area contributed by atoms with Crippen LogP contribution in [0.2, 0.25) is 0 Å². The number of aromatic amines is 1. The van der Waals surface area contributed by atoms with Crippen molar-refractivity contribution in [3.05, 3.63) is 57.9 Å². The summed E-state index contributed by atoms with van der Waals surface area (Å²) >= 11 is 0. The Labute approximate surface area is 147 Å². The molecule has 1 aromatic carbocycles. The Morgan fingerprint density at radius 3 is 2.48 bits per heavy atom. The van der Waals surface area contributed by atoms with Gasteiger partial charge >= 0.3 is 6.18 Å². The number of carbonyl (C=O) groups excluding carboxylic acids is 1. The molecule has 2 N–H and O–H groups in total. The van der Waals surface area contributed by atoms with Crippen molar-refractivity contribution in [1.82, 2.24) is 19.9 Å². The number of benzene rings is 1. The Balaban J connectivity index is 2.22. The molecular formula is C16H11F5N4O2. The highest BCUT2D eigenvalue weighted by Gasteiger charge is 2.38. The zero-order valence-electron chi connectivity index (χ0n) is 13.4. The van der Waals surface area contributed by atoms with Crippen molar-refractivity contribution in [2.24, 2.45) is 0 Å². The van der Waals surface area contributed by atoms with Crippen molar-refractivity contribution in [1.29, 1.82) is 0 Å². The number of nitrogens with one attached hydrogen (secondary N) is 2. The van der Waals surface area contributed by atoms with Gasteiger partial charge in [-0.15, -0.1) is 0 Å². The number of halogens is 5. The summed E-state index contributed by atoms with van der Waals surface area (Å²) in [5, 5.41) is 4.10. The van der Waals surface area contributed by atoms with Crippen LogP contribution in [0.25, 0.3) is 16.8 Å². The van der Waals surface area contributed by atoms with E-state index in [1.165, 1.54) is 0 Å². The number of nitrogens with zero attached hydrogens (tertiary/aromatic N) is 2. The summed E-state index contributed by atoms with van der Waals surface area (Å²) in [5.41, 5.74) is -2.96. The molecule has 2 heterocycles. The van der Waals surface area contributed by atoms with Crippen LogP contribution in [0.1, 0.15) is 11.4 Å². The highest BCUT2D eigenvalue weighted by Crippen LogP contribution is 2.38. The van der Waals surface area contributed by atoms with Crippen LogP contribution in [-0.2, 0) is 17.5 Å². The summed E-state index contributed by atoms with van der Waals surface area (Å²) in [6, 6.07) is 5.11. The molecule has 2 aromatic heterocycles. The molecule has 0 bridgehead atoms. The normalized spacial score (nSPS) is 11.7. The van der Waals surface area contributed by atoms with Crippen LogP contribution in [0.15, 0.2) is 35.1 Å². The Bertz CT molecular complexity index is 1050. The lowest BCUT2D eigenvalue weighted by Crippen LogP contribution is -2.26. The van der Waals surface area contributed by atoms with Crippen LogP contribution < -0.4 is 10.9 Å². The average molecular weight is 386 g/mol. The van der Waals surface area contributed by atoms with Gasteiger partial charge < -0.3 is 5.32 Å². The number of fused-ring (bicyclic) bond motifs is 1. The SMILES string of the molecule is O=C(CF)NCc1cc(=O)n2[nH]c(C(F)(F)F)c(-c3ccc(F)cc3)c2n1. The molecule has 6 nitrogen and oxygen atoms in total. The summed E-state index contributed by atoms with van der Waals surface area (Å²) in [4.78, 5) is 27.1. The van der Waals surface area contributed by atoms with Gasteiger partial charge in [-0.2, -0.15) is 13.2 Å². The van der Waals surface area contributed by atoms with Crippen molar-refractivity contribution in [2.75, 3.05) is 6.67 Å². The topological polar surface area (TPSA) is 79.3 Å². The number of rotatable bonds is 4. The smallest absolute Gasteiger partial charge is 0.348 e. The molecule has 0 aliphatic carbocycles. The van der Waals surface area contributed by atoms with Gasteiger partial charge in [-0.1, -0.05) is 12.1 Å². The monoisotopic (exact) mass is 386 g/mol. The third-order valence-electron chi connectivity index (χ3n) is 3.67. The highest BCUT2D eigenvalue weighted by molar-refractivity contribution is 5.80. The fraction of sp³-hybridized carbons (Fsp3) is 0.188. The van der Waals surface area contributed by atoms with E-state index in [0.29, 0.717) is 4.52 Å². The molecule has 0 spiro atoms. The molecule has 0 aliphatic rings. The van der Waals surface area contributed by atoms with Crippen molar-refractivity contribution >= 4 is 11.6 Å². The van der Waals surface area contributed by atoms with E-state index in [2.05, 4.69) is 10.3 Å². The van der Waals surface area contributed by atoms with E-state index in [4.69, 9.17) is 0 Å². The maximum absolute atomic E-state index is 13.4. The van der Waals surface area contributed by atoms with E-state index in [1.807, 2.05) is 5.10 Å². The van der Waals surface area contributed by atoms with Gasteiger partial charge in [0.15, 0.2) is 12.3 Å². The Morgan fingerprint density at radius 2 is 1.89 bits per heavy atom. The molecule has 0 atom stereocenters. The van der Waals surface area contributed by atoms with Crippen molar-refractivity contribution in [3.63, 3.8) is 0 Å². The fourth-order valence-electron chi connectivity index (χ4n) is 2.51. The predicted octanol–water partition coefficient (Wildman–Crippen LogP) is 2.43. The second kappa shape index (κ2) is 6.82. The number of hydrogen-bond donors (Lipinski definition) is 2. The first-order chi connectivity index (χ1) is 12.7. The molecule has 0 aliphatic heterocycles. The standard InChI is InChI=1S/C16H11F5N4O2/c17-6-11(26)22-7-10-5-12(27)25-15(23-10)13(14(24-25)16(19,20)21)8-1-3-9(18)4-2-8/h1-5,24H,6-7H2,(H,22,26). The number of carbonyl (C=O) groups is 1. The number of aromatic nitrogens is 3. The number of H-pyrrole nitrogens is 1. The molecule has 0 unspecified atom stereocenters. The van der Waals surface area contributed by atoms with Crippen LogP contribution in [0, 0.1) is 5.82 Å². The minimum absolute atomic E-state index is 0.0145. The number of hydrogen-bond acceptors (Lipinski definition) is 3. The largest absolute Gasteiger partial charge is 0.433 e. The van der Waals surface area contributed by atoms with Gasteiger partial charge in [-0.05, 0) is 17.7 Å². The second-order valence-electron chi connectivity index (χ2n) is 5.52. The van der Waals surface area contributed by atoms with Crippen LogP contribution >= 0.6 is 0 Å². The summed E-state index contributed by atoms with van der Waals surface area (Å²) < 4.78 is 66.3. The van der Waals surface area contributed by atoms with E-state index in [9.17, 15) is 31.5 Å². The van der Waals surface area contributed by atoms with Gasteiger partial charge in [0, 0.05) is 6.07 Å². The molecule has 1 amide bonds. The first-order valence-electron chi connectivity index (χ1n) is 7.51. The first-order valence-corrected chi connectivity index (χ1v) is 7.51. The molecule has 0 radical (unpaired) electrons. The summed E-state index contributed by atoms with van der Waals surface area (Å²) in [5.74, 6) is -1.60. The lowest BCUT2D eigenvalue weighted by molar-refractivity contribution is -0.140. The Hall–Kier alpha value is -3.24. The zero-order chi connectivity index (χ0) is 19.8. The van der Waals surface area contributed by atoms with Crippen LogP contribution in [0.5, 0.6) is 0 Å². The Morgan fingerprint density at radius 1 is 1.22 bits per heavy atom. The molecule has 27 heavy (non-hydrogen) atoms. The van der Waals surface area contributed by atoms with Gasteiger partial charge in [-0.25, -0.2) is 18.3 Å². The molecule has 0 saturated carbocycles. The summed E-state index contributed by atoms with van der Waals surface area (Å²) in [7, 11) is 0. The Kier molecular flexibility index (Phi) is 4.68. The van der Waals surface area contributed by atoms with Crippen molar-refractivity contribution in [3.8, 4) is 11.1 Å². The predicted molar refractivity (Wildman–Crippen MR) is 84.0 cm³/mol. The molecular weight excluding hydrogens is 375 g/mol. The molecule has 0 fully saturated rings. The quantitative estimate of drug-likeness (QED) is 0.676. The number of alkyl halides is 4. The minimum atomic E-state index is -4.84. The van der Waals surface area contributed by atoms with Crippen molar-refractivity contribution in [2.45, 2.75) is 12.7 Å². The average Bonchev–Trinajstić information content (AvgIpc) is 3.01. The van der Waals surface area contributed by atoms with Gasteiger partial charge in [-0.3, -0.25) is 14.7 Å². The lowest BCUT2D eigenvalue weighted by atomic mass is 10.1. The van der Waals surface area contributed by atoms with Crippen LogP contribution in [0.3, 0.4) is 0 Å². The third-order valence-corrected chi connectivity index (χ3v) is 3.67. The summed E-state index contributed by atoms with van der Waals surface area (Å²) in [6.07, 6.45) is -4.84. The molecule has 0 saturated heterocycles. The van der Waals surface area contributed by atoms with Gasteiger partial charge in [0.1, 0.15) is 11.5 Å². The van der Waals surface area contributed by atoms with Crippen molar-refractivity contribution < 1.29 is 26.7 Å².